The Morgan fingerprint density at radius 3 is 1.22 bits per heavy atom. The van der Waals surface area contributed by atoms with E-state index in [9.17, 15) is 0 Å². The predicted molar refractivity (Wildman–Crippen MR) is 189 cm³/mol. The van der Waals surface area contributed by atoms with Crippen LogP contribution < -0.4 is 15.9 Å². The Kier molecular flexibility index (Phi) is 11.8. The van der Waals surface area contributed by atoms with Crippen LogP contribution >= 0.6 is 7.92 Å². The minimum Gasteiger partial charge on any atom is -0.326 e. The number of likely N-dealkylation sites (tertiary alicyclic amines) is 1. The van der Waals surface area contributed by atoms with Crippen molar-refractivity contribution in [2.75, 3.05) is 6.54 Å². The summed E-state index contributed by atoms with van der Waals surface area (Å²) in [5.74, 6) is 0. The third-order valence-corrected chi connectivity index (χ3v) is 10.9. The van der Waals surface area contributed by atoms with Gasteiger partial charge >= 0.3 is 22.4 Å². The number of benzene rings is 6. The van der Waals surface area contributed by atoms with Gasteiger partial charge in [-0.25, -0.2) is 0 Å². The Labute approximate surface area is 286 Å². The summed E-state index contributed by atoms with van der Waals surface area (Å²) in [5.41, 5.74) is 4.16. The monoisotopic (exact) mass is 785 g/mol. The molecule has 6 aromatic carbocycles. The van der Waals surface area contributed by atoms with Gasteiger partial charge in [-0.05, 0) is 40.5 Å². The van der Waals surface area contributed by atoms with Crippen molar-refractivity contribution in [2.45, 2.75) is 24.4 Å². The second-order valence-corrected chi connectivity index (χ2v) is 13.6. The molecule has 6 aromatic rings. The van der Waals surface area contributed by atoms with E-state index in [1.54, 1.807) is 0 Å². The van der Waals surface area contributed by atoms with E-state index in [1.165, 1.54) is 32.6 Å². The molecule has 0 spiro atoms. The van der Waals surface area contributed by atoms with Crippen LogP contribution in [0.2, 0.25) is 0 Å². The molecule has 7 rings (SSSR count). The molecule has 1 saturated heterocycles. The minimum atomic E-state index is -0.446. The Morgan fingerprint density at radius 2 is 0.844 bits per heavy atom. The Bertz CT molecular complexity index is 1550. The molecule has 3 heteroatoms. The summed E-state index contributed by atoms with van der Waals surface area (Å²) < 4.78 is 0. The summed E-state index contributed by atoms with van der Waals surface area (Å²) in [6, 6.07) is 65.2. The van der Waals surface area contributed by atoms with Gasteiger partial charge in [0.1, 0.15) is 0 Å². The van der Waals surface area contributed by atoms with Crippen LogP contribution in [0, 0.1) is 6.92 Å². The molecule has 1 fully saturated rings. The van der Waals surface area contributed by atoms with Gasteiger partial charge in [0.2, 0.25) is 0 Å². The van der Waals surface area contributed by atoms with Crippen LogP contribution in [0.15, 0.2) is 182 Å². The summed E-state index contributed by atoms with van der Waals surface area (Å²) in [6.07, 6.45) is 1.05. The summed E-state index contributed by atoms with van der Waals surface area (Å²) in [6.45, 7) is 6.45. The fourth-order valence-electron chi connectivity index (χ4n) is 6.35. The number of hydrogen-bond donors (Lipinski definition) is 0. The fourth-order valence-corrected chi connectivity index (χ4v) is 8.66. The molecule has 0 bridgehead atoms. The quantitative estimate of drug-likeness (QED) is 0.0892. The van der Waals surface area contributed by atoms with Crippen LogP contribution in [-0.2, 0) is 34.3 Å². The van der Waals surface area contributed by atoms with Gasteiger partial charge in [-0.2, -0.15) is 0 Å². The van der Waals surface area contributed by atoms with E-state index < -0.39 is 7.92 Å². The Balaban J connectivity index is 0.000000180. The smallest absolute Gasteiger partial charge is 0.326 e. The molecule has 0 saturated carbocycles. The number of nitrogens with zero attached hydrogens (tertiary/aromatic N) is 1. The van der Waals surface area contributed by atoms with E-state index in [0.717, 1.165) is 19.5 Å². The van der Waals surface area contributed by atoms with E-state index >= 15 is 0 Å². The van der Waals surface area contributed by atoms with Gasteiger partial charge in [0.05, 0.1) is 0 Å². The van der Waals surface area contributed by atoms with Crippen molar-refractivity contribution in [2.24, 2.45) is 0 Å². The van der Waals surface area contributed by atoms with E-state index in [0.29, 0.717) is 6.04 Å². The van der Waals surface area contributed by atoms with Gasteiger partial charge < -0.3 is 11.8 Å². The molecule has 1 aliphatic heterocycles. The second kappa shape index (κ2) is 16.1. The fraction of sp³-hybridized carbons (Fsp3) is 0.119. The molecule has 1 atom stereocenters. The molecule has 0 radical (unpaired) electrons. The maximum atomic E-state index is 4.49. The summed E-state index contributed by atoms with van der Waals surface area (Å²) in [5, 5.41) is 4.19. The molecule has 0 aliphatic carbocycles. The largest absolute Gasteiger partial charge is 1.00 e. The van der Waals surface area contributed by atoms with Gasteiger partial charge in [0.25, 0.3) is 0 Å². The summed E-state index contributed by atoms with van der Waals surface area (Å²) >= 11 is 0. The van der Waals surface area contributed by atoms with Crippen LogP contribution in [0.1, 0.15) is 23.1 Å². The number of rotatable bonds is 7. The van der Waals surface area contributed by atoms with E-state index in [2.05, 4.69) is 194 Å². The zero-order chi connectivity index (χ0) is 30.0. The van der Waals surface area contributed by atoms with Crippen molar-refractivity contribution in [3.63, 3.8) is 0 Å². The molecule has 0 N–H and O–H groups in total. The molecule has 1 unspecified atom stereocenters. The topological polar surface area (TPSA) is 3.24 Å². The van der Waals surface area contributed by atoms with Crippen LogP contribution in [-0.4, -0.2) is 17.5 Å². The first-order valence-electron chi connectivity index (χ1n) is 15.4. The van der Waals surface area contributed by atoms with E-state index in [1.807, 2.05) is 0 Å². The maximum absolute atomic E-state index is 4.49. The Hall–Kier alpha value is -3.55. The van der Waals surface area contributed by atoms with Crippen molar-refractivity contribution >= 4 is 23.8 Å². The maximum Gasteiger partial charge on any atom is 1.00 e. The van der Waals surface area contributed by atoms with Gasteiger partial charge in [0.15, 0.2) is 0 Å². The van der Waals surface area contributed by atoms with Crippen molar-refractivity contribution < 1.29 is 22.4 Å². The van der Waals surface area contributed by atoms with Crippen LogP contribution in [0.25, 0.3) is 0 Å². The summed E-state index contributed by atoms with van der Waals surface area (Å²) in [4.78, 5) is 2.52. The molecular formula is C42H39AuNP. The van der Waals surface area contributed by atoms with Gasteiger partial charge in [-0.1, -0.05) is 188 Å². The molecule has 1 aliphatic rings. The Morgan fingerprint density at radius 1 is 0.511 bits per heavy atom. The second-order valence-electron chi connectivity index (χ2n) is 11.4. The average Bonchev–Trinajstić information content (AvgIpc) is 3.44. The van der Waals surface area contributed by atoms with Gasteiger partial charge in [-0.3, -0.25) is 0 Å². The van der Waals surface area contributed by atoms with E-state index in [-0.39, 0.29) is 27.8 Å². The SMILES string of the molecule is [Au+].[CH2-]C1CC(c2ccccc2)(c2ccccc2)CN1Cc1ccccc1.c1ccc(P(c2ccccc2)c2ccccc2)cc1. The first kappa shape index (κ1) is 32.8. The van der Waals surface area contributed by atoms with Crippen molar-refractivity contribution in [3.8, 4) is 0 Å². The average molecular weight is 786 g/mol. The molecule has 0 amide bonds. The van der Waals surface area contributed by atoms with Gasteiger partial charge in [-0.15, -0.1) is 6.04 Å². The zero-order valence-corrected chi connectivity index (χ0v) is 28.5. The summed E-state index contributed by atoms with van der Waals surface area (Å²) in [7, 11) is -0.446. The first-order valence-corrected chi connectivity index (χ1v) is 16.7. The van der Waals surface area contributed by atoms with Crippen LogP contribution in [0.5, 0.6) is 0 Å². The van der Waals surface area contributed by atoms with Crippen molar-refractivity contribution in [3.05, 3.63) is 206 Å². The van der Waals surface area contributed by atoms with Crippen molar-refractivity contribution in [1.29, 1.82) is 0 Å². The van der Waals surface area contributed by atoms with Crippen LogP contribution in [0.3, 0.4) is 0 Å². The predicted octanol–water partition coefficient (Wildman–Crippen LogP) is 8.52. The van der Waals surface area contributed by atoms with E-state index in [4.69, 9.17) is 0 Å². The molecule has 228 valence electrons. The molecule has 1 heterocycles. The molecule has 45 heavy (non-hydrogen) atoms. The molecule has 1 nitrogen and oxygen atoms in total. The van der Waals surface area contributed by atoms with Crippen LogP contribution in [0.4, 0.5) is 0 Å². The number of hydrogen-bond acceptors (Lipinski definition) is 1. The van der Waals surface area contributed by atoms with Gasteiger partial charge in [0, 0.05) is 18.5 Å². The third-order valence-electron chi connectivity index (χ3n) is 8.50. The minimum absolute atomic E-state index is 0. The molecule has 0 aromatic heterocycles. The third kappa shape index (κ3) is 8.00. The molecular weight excluding hydrogens is 746 g/mol. The van der Waals surface area contributed by atoms with Crippen molar-refractivity contribution in [1.82, 2.24) is 4.90 Å². The zero-order valence-electron chi connectivity index (χ0n) is 25.4. The normalized spacial score (nSPS) is 15.5. The standard InChI is InChI=1S/C24H24N.C18H15P.Au/c1-20-17-24(22-13-7-3-8-14-22,23-15-9-4-10-16-23)19-25(20)18-21-11-5-2-6-12-21;1-4-10-16(11-5-1)19(17-12-6-2-7-13-17)18-14-8-3-9-15-18;/h2-16,20H,1,17-19H2;1-15H;/q-1;;+1. The first-order chi connectivity index (χ1) is 21.7.